The number of ether oxygens (including phenoxy) is 1. The van der Waals surface area contributed by atoms with Crippen LogP contribution in [0.2, 0.25) is 10.0 Å². The van der Waals surface area contributed by atoms with Crippen LogP contribution in [0.3, 0.4) is 0 Å². The Morgan fingerprint density at radius 3 is 2.64 bits per heavy atom. The number of carbonyl (C=O) groups excluding carboxylic acids is 1. The van der Waals surface area contributed by atoms with Gasteiger partial charge in [-0.2, -0.15) is 0 Å². The third-order valence-electron chi connectivity index (χ3n) is 5.33. The van der Waals surface area contributed by atoms with Gasteiger partial charge in [-0.15, -0.1) is 11.3 Å². The number of nitrogens with one attached hydrogen (secondary N) is 2. The van der Waals surface area contributed by atoms with E-state index >= 15 is 0 Å². The van der Waals surface area contributed by atoms with Gasteiger partial charge in [0.25, 0.3) is 0 Å². The van der Waals surface area contributed by atoms with E-state index in [1.165, 1.54) is 17.0 Å². The van der Waals surface area contributed by atoms with E-state index in [-0.39, 0.29) is 6.03 Å². The fourth-order valence-corrected chi connectivity index (χ4v) is 4.87. The molecule has 1 saturated heterocycles. The van der Waals surface area contributed by atoms with Crippen molar-refractivity contribution in [1.29, 1.82) is 0 Å². The lowest BCUT2D eigenvalue weighted by atomic mass is 10.1. The van der Waals surface area contributed by atoms with E-state index < -0.39 is 0 Å². The van der Waals surface area contributed by atoms with Crippen LogP contribution in [0, 0.1) is 0 Å². The zero-order valence-corrected chi connectivity index (χ0v) is 20.5. The molecule has 0 radical (unpaired) electrons. The summed E-state index contributed by atoms with van der Waals surface area (Å²) in [6, 6.07) is 13.7. The van der Waals surface area contributed by atoms with Gasteiger partial charge in [0.1, 0.15) is 0 Å². The Morgan fingerprint density at radius 2 is 1.91 bits per heavy atom. The standard InChI is InChI=1S/C23H25Cl2N5O2S/c1-26-22(31)27-9-10-30-20(15-33-23(30)28-19-4-2-3-18(24)21(19)25)16-5-7-17(8-6-16)29-11-13-32-14-12-29/h2-8,15H,9-14H2,1H3,(H2,26,27,31). The Balaban J connectivity index is 1.67. The lowest BCUT2D eigenvalue weighted by molar-refractivity contribution is 0.122. The highest BCUT2D eigenvalue weighted by Crippen LogP contribution is 2.32. The van der Waals surface area contributed by atoms with Gasteiger partial charge in [0.05, 0.1) is 34.6 Å². The molecule has 1 aliphatic heterocycles. The lowest BCUT2D eigenvalue weighted by Crippen LogP contribution is -2.36. The van der Waals surface area contributed by atoms with Crippen molar-refractivity contribution in [2.75, 3.05) is 44.8 Å². The molecule has 7 nitrogen and oxygen atoms in total. The molecule has 0 atom stereocenters. The zero-order valence-electron chi connectivity index (χ0n) is 18.2. The molecule has 0 unspecified atom stereocenters. The Bertz CT molecular complexity index is 1170. The summed E-state index contributed by atoms with van der Waals surface area (Å²) < 4.78 is 7.54. The first kappa shape index (κ1) is 23.6. The van der Waals surface area contributed by atoms with E-state index in [4.69, 9.17) is 32.9 Å². The summed E-state index contributed by atoms with van der Waals surface area (Å²) in [6.07, 6.45) is 0. The van der Waals surface area contributed by atoms with Gasteiger partial charge in [0.15, 0.2) is 4.80 Å². The van der Waals surface area contributed by atoms with E-state index in [1.54, 1.807) is 13.1 Å². The number of anilines is 1. The molecule has 4 rings (SSSR count). The number of aromatic nitrogens is 1. The summed E-state index contributed by atoms with van der Waals surface area (Å²) in [5.74, 6) is 0. The highest BCUT2D eigenvalue weighted by atomic mass is 35.5. The van der Waals surface area contributed by atoms with Gasteiger partial charge in [-0.25, -0.2) is 9.79 Å². The fraction of sp³-hybridized carbons (Fsp3) is 0.304. The maximum Gasteiger partial charge on any atom is 0.314 e. The molecule has 1 fully saturated rings. The van der Waals surface area contributed by atoms with Crippen molar-refractivity contribution >= 4 is 51.9 Å². The summed E-state index contributed by atoms with van der Waals surface area (Å²) in [5.41, 5.74) is 3.87. The quantitative estimate of drug-likeness (QED) is 0.517. The van der Waals surface area contributed by atoms with E-state index in [2.05, 4.69) is 49.7 Å². The van der Waals surface area contributed by atoms with Crippen molar-refractivity contribution in [3.63, 3.8) is 0 Å². The SMILES string of the molecule is CNC(=O)NCCn1c(-c2ccc(N3CCOCC3)cc2)csc1=Nc1cccc(Cl)c1Cl. The van der Waals surface area contributed by atoms with E-state index in [0.29, 0.717) is 28.8 Å². The van der Waals surface area contributed by atoms with Gasteiger partial charge < -0.3 is 24.8 Å². The summed E-state index contributed by atoms with van der Waals surface area (Å²) in [4.78, 5) is 19.5. The van der Waals surface area contributed by atoms with Gasteiger partial charge in [-0.1, -0.05) is 41.4 Å². The number of morpholine rings is 1. The number of carbonyl (C=O) groups is 1. The van der Waals surface area contributed by atoms with Crippen molar-refractivity contribution in [1.82, 2.24) is 15.2 Å². The number of amides is 2. The number of benzene rings is 2. The summed E-state index contributed by atoms with van der Waals surface area (Å²) in [7, 11) is 1.59. The van der Waals surface area contributed by atoms with Crippen molar-refractivity contribution in [2.24, 2.45) is 4.99 Å². The molecule has 174 valence electrons. The maximum atomic E-state index is 11.6. The molecule has 0 aliphatic carbocycles. The van der Waals surface area contributed by atoms with Crippen LogP contribution in [-0.2, 0) is 11.3 Å². The summed E-state index contributed by atoms with van der Waals surface area (Å²) in [5, 5.41) is 8.36. The number of nitrogens with zero attached hydrogens (tertiary/aromatic N) is 3. The number of thiazole rings is 1. The van der Waals surface area contributed by atoms with Crippen molar-refractivity contribution < 1.29 is 9.53 Å². The van der Waals surface area contributed by atoms with Crippen LogP contribution in [0.5, 0.6) is 0 Å². The molecule has 2 heterocycles. The van der Waals surface area contributed by atoms with Crippen LogP contribution in [0.1, 0.15) is 0 Å². The average molecular weight is 506 g/mol. The van der Waals surface area contributed by atoms with Gasteiger partial charge in [0, 0.05) is 44.3 Å². The number of urea groups is 1. The predicted molar refractivity (Wildman–Crippen MR) is 135 cm³/mol. The number of hydrogen-bond acceptors (Lipinski definition) is 5. The van der Waals surface area contributed by atoms with Crippen molar-refractivity contribution in [3.8, 4) is 11.3 Å². The molecule has 0 saturated carbocycles. The molecule has 10 heteroatoms. The molecule has 1 aliphatic rings. The number of rotatable bonds is 6. The van der Waals surface area contributed by atoms with E-state index in [1.807, 2.05) is 12.1 Å². The minimum atomic E-state index is -0.224. The maximum absolute atomic E-state index is 11.6. The molecule has 1 aromatic heterocycles. The van der Waals surface area contributed by atoms with Crippen LogP contribution in [0.25, 0.3) is 11.3 Å². The second-order valence-electron chi connectivity index (χ2n) is 7.39. The molecule has 33 heavy (non-hydrogen) atoms. The van der Waals surface area contributed by atoms with Crippen LogP contribution in [0.4, 0.5) is 16.2 Å². The third-order valence-corrected chi connectivity index (χ3v) is 7.00. The van der Waals surface area contributed by atoms with Crippen LogP contribution >= 0.6 is 34.5 Å². The van der Waals surface area contributed by atoms with E-state index in [0.717, 1.165) is 42.4 Å². The van der Waals surface area contributed by atoms with E-state index in [9.17, 15) is 4.79 Å². The van der Waals surface area contributed by atoms with Gasteiger partial charge in [0.2, 0.25) is 0 Å². The Morgan fingerprint density at radius 1 is 1.15 bits per heavy atom. The monoisotopic (exact) mass is 505 g/mol. The largest absolute Gasteiger partial charge is 0.378 e. The lowest BCUT2D eigenvalue weighted by Gasteiger charge is -2.28. The summed E-state index contributed by atoms with van der Waals surface area (Å²) >= 11 is 14.1. The second-order valence-corrected chi connectivity index (χ2v) is 9.01. The minimum absolute atomic E-state index is 0.224. The zero-order chi connectivity index (χ0) is 23.2. The van der Waals surface area contributed by atoms with Gasteiger partial charge >= 0.3 is 6.03 Å². The van der Waals surface area contributed by atoms with Crippen LogP contribution in [-0.4, -0.2) is 50.5 Å². The molecular formula is C23H25Cl2N5O2S. The number of hydrogen-bond donors (Lipinski definition) is 2. The van der Waals surface area contributed by atoms with Crippen LogP contribution in [0.15, 0.2) is 52.8 Å². The molecule has 2 N–H and O–H groups in total. The predicted octanol–water partition coefficient (Wildman–Crippen LogP) is 4.52. The molecule has 2 aromatic carbocycles. The van der Waals surface area contributed by atoms with Crippen LogP contribution < -0.4 is 20.3 Å². The molecular weight excluding hydrogens is 481 g/mol. The topological polar surface area (TPSA) is 70.9 Å². The minimum Gasteiger partial charge on any atom is -0.378 e. The van der Waals surface area contributed by atoms with Gasteiger partial charge in [-0.3, -0.25) is 0 Å². The smallest absolute Gasteiger partial charge is 0.314 e. The molecule has 0 spiro atoms. The number of halogens is 2. The highest BCUT2D eigenvalue weighted by molar-refractivity contribution is 7.07. The first-order chi connectivity index (χ1) is 16.1. The molecule has 0 bridgehead atoms. The first-order valence-corrected chi connectivity index (χ1v) is 12.3. The Kier molecular flexibility index (Phi) is 7.93. The molecule has 2 amide bonds. The normalized spacial score (nSPS) is 14.4. The first-order valence-electron chi connectivity index (χ1n) is 10.6. The van der Waals surface area contributed by atoms with Crippen molar-refractivity contribution in [2.45, 2.75) is 6.54 Å². The Hall–Kier alpha value is -2.52. The highest BCUT2D eigenvalue weighted by Gasteiger charge is 2.13. The fourth-order valence-electron chi connectivity index (χ4n) is 3.58. The Labute approximate surface area is 206 Å². The average Bonchev–Trinajstić information content (AvgIpc) is 3.24. The van der Waals surface area contributed by atoms with Crippen molar-refractivity contribution in [3.05, 3.63) is 62.7 Å². The third kappa shape index (κ3) is 5.70. The summed E-state index contributed by atoms with van der Waals surface area (Å²) in [6.45, 7) is 4.29. The molecule has 3 aromatic rings. The second kappa shape index (κ2) is 11.1. The van der Waals surface area contributed by atoms with Gasteiger partial charge in [-0.05, 0) is 29.8 Å².